The Morgan fingerprint density at radius 2 is 1.86 bits per heavy atom. The highest BCUT2D eigenvalue weighted by Crippen LogP contribution is 2.33. The molecule has 9 heteroatoms. The molecule has 110 valence electrons. The van der Waals surface area contributed by atoms with E-state index in [9.17, 15) is 22.4 Å². The van der Waals surface area contributed by atoms with Gasteiger partial charge < -0.3 is 9.84 Å². The molecule has 21 heavy (non-hydrogen) atoms. The van der Waals surface area contributed by atoms with Crippen LogP contribution in [0.5, 0.6) is 5.88 Å². The molecule has 2 aromatic rings. The average molecular weight is 302 g/mol. The maximum Gasteiger partial charge on any atom is 0.512 e. The van der Waals surface area contributed by atoms with E-state index in [1.807, 2.05) is 0 Å². The van der Waals surface area contributed by atoms with Crippen molar-refractivity contribution in [2.24, 2.45) is 0 Å². The van der Waals surface area contributed by atoms with Crippen molar-refractivity contribution in [3.63, 3.8) is 0 Å². The van der Waals surface area contributed by atoms with Crippen molar-refractivity contribution < 1.29 is 32.2 Å². The number of carbonyl (C=O) groups is 1. The van der Waals surface area contributed by atoms with Gasteiger partial charge in [0.05, 0.1) is 11.3 Å². The fraction of sp³-hybridized carbons (Fsp3) is 0.0833. The highest BCUT2D eigenvalue weighted by molar-refractivity contribution is 5.64. The van der Waals surface area contributed by atoms with Crippen LogP contribution < -0.4 is 4.74 Å². The third-order valence-electron chi connectivity index (χ3n) is 2.35. The maximum atomic E-state index is 13.3. The zero-order chi connectivity index (χ0) is 15.6. The van der Waals surface area contributed by atoms with Crippen LogP contribution in [0.2, 0.25) is 0 Å². The minimum atomic E-state index is -4.72. The lowest BCUT2D eigenvalue weighted by molar-refractivity contribution is -0.137. The van der Waals surface area contributed by atoms with Gasteiger partial charge in [0.2, 0.25) is 5.88 Å². The normalized spacial score (nSPS) is 11.2. The smallest absolute Gasteiger partial charge is 0.449 e. The maximum absolute atomic E-state index is 13.3. The van der Waals surface area contributed by atoms with Crippen molar-refractivity contribution in [1.29, 1.82) is 0 Å². The second-order valence-electron chi connectivity index (χ2n) is 3.84. The van der Waals surface area contributed by atoms with E-state index in [4.69, 9.17) is 5.11 Å². The molecule has 0 aliphatic carbocycles. The summed E-state index contributed by atoms with van der Waals surface area (Å²) in [5.74, 6) is -1.48. The first-order valence-electron chi connectivity index (χ1n) is 5.36. The van der Waals surface area contributed by atoms with Crippen LogP contribution in [0.15, 0.2) is 30.6 Å². The Hall–Kier alpha value is -2.71. The lowest BCUT2D eigenvalue weighted by Gasteiger charge is -2.09. The summed E-state index contributed by atoms with van der Waals surface area (Å²) >= 11 is 0. The molecule has 0 aliphatic heterocycles. The number of carboxylic acid groups (broad SMARTS) is 1. The van der Waals surface area contributed by atoms with E-state index < -0.39 is 23.7 Å². The molecular formula is C12H6F4N2O3. The largest absolute Gasteiger partial charge is 0.512 e. The van der Waals surface area contributed by atoms with E-state index in [2.05, 4.69) is 14.7 Å². The van der Waals surface area contributed by atoms with Gasteiger partial charge in [-0.2, -0.15) is 13.2 Å². The number of nitrogens with zero attached hydrogens (tertiary/aromatic N) is 2. The van der Waals surface area contributed by atoms with Crippen LogP contribution in [0.4, 0.5) is 22.4 Å². The molecule has 0 radical (unpaired) electrons. The number of hydrogen-bond acceptors (Lipinski definition) is 4. The third-order valence-corrected chi connectivity index (χ3v) is 2.35. The van der Waals surface area contributed by atoms with E-state index in [0.29, 0.717) is 12.1 Å². The number of alkyl halides is 3. The Morgan fingerprint density at radius 1 is 1.14 bits per heavy atom. The van der Waals surface area contributed by atoms with Crippen LogP contribution in [-0.2, 0) is 6.18 Å². The minimum absolute atomic E-state index is 0.105. The monoisotopic (exact) mass is 302 g/mol. The van der Waals surface area contributed by atoms with Crippen molar-refractivity contribution >= 4 is 6.16 Å². The quantitative estimate of drug-likeness (QED) is 0.680. The summed E-state index contributed by atoms with van der Waals surface area (Å²) in [4.78, 5) is 17.5. The van der Waals surface area contributed by atoms with Crippen molar-refractivity contribution in [3.05, 3.63) is 42.0 Å². The molecule has 0 spiro atoms. The molecule has 0 atom stereocenters. The molecule has 1 heterocycles. The van der Waals surface area contributed by atoms with E-state index in [-0.39, 0.29) is 17.1 Å². The van der Waals surface area contributed by atoms with Gasteiger partial charge in [-0.3, -0.25) is 0 Å². The van der Waals surface area contributed by atoms with E-state index in [1.165, 1.54) is 0 Å². The van der Waals surface area contributed by atoms with Gasteiger partial charge in [0.15, 0.2) is 0 Å². The van der Waals surface area contributed by atoms with Crippen LogP contribution in [0.25, 0.3) is 11.3 Å². The number of rotatable bonds is 2. The molecule has 0 unspecified atom stereocenters. The molecule has 1 aromatic heterocycles. The summed E-state index contributed by atoms with van der Waals surface area (Å²) in [6.07, 6.45) is -5.47. The number of hydrogen-bond donors (Lipinski definition) is 1. The molecule has 0 fully saturated rings. The highest BCUT2D eigenvalue weighted by atomic mass is 19.4. The SMILES string of the molecule is O=C(O)Oc1cc(-c2cc(F)cc(C(F)(F)F)c2)ncn1. The molecule has 1 aromatic carbocycles. The van der Waals surface area contributed by atoms with Gasteiger partial charge in [-0.15, -0.1) is 0 Å². The Labute approximate surface area is 114 Å². The van der Waals surface area contributed by atoms with E-state index >= 15 is 0 Å². The topological polar surface area (TPSA) is 72.3 Å². The summed E-state index contributed by atoms with van der Waals surface area (Å²) in [7, 11) is 0. The first kappa shape index (κ1) is 14.7. The van der Waals surface area contributed by atoms with Crippen LogP contribution in [-0.4, -0.2) is 21.2 Å². The summed E-state index contributed by atoms with van der Waals surface area (Å²) in [6.45, 7) is 0. The van der Waals surface area contributed by atoms with Gasteiger partial charge in [0, 0.05) is 11.6 Å². The molecule has 0 saturated carbocycles. The average Bonchev–Trinajstić information content (AvgIpc) is 2.36. The Balaban J connectivity index is 2.47. The van der Waals surface area contributed by atoms with Crippen molar-refractivity contribution in [1.82, 2.24) is 9.97 Å². The molecule has 1 N–H and O–H groups in total. The second-order valence-corrected chi connectivity index (χ2v) is 3.84. The first-order chi connectivity index (χ1) is 9.75. The minimum Gasteiger partial charge on any atom is -0.449 e. The fourth-order valence-corrected chi connectivity index (χ4v) is 1.54. The second kappa shape index (κ2) is 5.35. The number of benzene rings is 1. The Morgan fingerprint density at radius 3 is 2.48 bits per heavy atom. The molecule has 0 aliphatic rings. The fourth-order valence-electron chi connectivity index (χ4n) is 1.54. The van der Waals surface area contributed by atoms with Crippen molar-refractivity contribution in [2.75, 3.05) is 0 Å². The van der Waals surface area contributed by atoms with Gasteiger partial charge in [0.1, 0.15) is 12.1 Å². The molecule has 0 saturated heterocycles. The van der Waals surface area contributed by atoms with Crippen LogP contribution in [0.1, 0.15) is 5.56 Å². The standard InChI is InChI=1S/C12H6F4N2O3/c13-8-2-6(1-7(3-8)12(14,15)16)9-4-10(18-5-17-9)21-11(19)20/h1-5H,(H,19,20). The molecule has 2 rings (SSSR count). The van der Waals surface area contributed by atoms with Crippen molar-refractivity contribution in [2.45, 2.75) is 6.18 Å². The van der Waals surface area contributed by atoms with E-state index in [1.54, 1.807) is 0 Å². The third kappa shape index (κ3) is 3.65. The highest BCUT2D eigenvalue weighted by Gasteiger charge is 2.31. The van der Waals surface area contributed by atoms with Crippen molar-refractivity contribution in [3.8, 4) is 17.1 Å². The number of halogens is 4. The Kier molecular flexibility index (Phi) is 3.74. The van der Waals surface area contributed by atoms with Gasteiger partial charge in [0.25, 0.3) is 0 Å². The summed E-state index contributed by atoms with van der Waals surface area (Å²) < 4.78 is 55.4. The van der Waals surface area contributed by atoms with Gasteiger partial charge in [-0.1, -0.05) is 0 Å². The first-order valence-corrected chi connectivity index (χ1v) is 5.36. The number of aromatic nitrogens is 2. The van der Waals surface area contributed by atoms with Gasteiger partial charge in [-0.05, 0) is 18.2 Å². The molecule has 0 bridgehead atoms. The van der Waals surface area contributed by atoms with Gasteiger partial charge in [-0.25, -0.2) is 19.2 Å². The lowest BCUT2D eigenvalue weighted by Crippen LogP contribution is -2.06. The molecule has 5 nitrogen and oxygen atoms in total. The number of ether oxygens (including phenoxy) is 1. The summed E-state index contributed by atoms with van der Waals surface area (Å²) in [5.41, 5.74) is -1.47. The predicted molar refractivity (Wildman–Crippen MR) is 61.1 cm³/mol. The van der Waals surface area contributed by atoms with Crippen LogP contribution in [0.3, 0.4) is 0 Å². The van der Waals surface area contributed by atoms with E-state index in [0.717, 1.165) is 18.5 Å². The zero-order valence-electron chi connectivity index (χ0n) is 10.1. The zero-order valence-corrected chi connectivity index (χ0v) is 10.1. The summed E-state index contributed by atoms with van der Waals surface area (Å²) in [6, 6.07) is 2.86. The predicted octanol–water partition coefficient (Wildman–Crippen LogP) is 3.36. The molecule has 0 amide bonds. The van der Waals surface area contributed by atoms with Crippen LogP contribution in [0, 0.1) is 5.82 Å². The van der Waals surface area contributed by atoms with Gasteiger partial charge >= 0.3 is 12.3 Å². The lowest BCUT2D eigenvalue weighted by atomic mass is 10.1. The summed E-state index contributed by atoms with van der Waals surface area (Å²) in [5, 5.41) is 8.43. The van der Waals surface area contributed by atoms with Crippen LogP contribution >= 0.6 is 0 Å². The molecular weight excluding hydrogens is 296 g/mol. The Bertz CT molecular complexity index is 688.